The van der Waals surface area contributed by atoms with Gasteiger partial charge in [0, 0.05) is 29.9 Å². The number of benzene rings is 1. The van der Waals surface area contributed by atoms with E-state index in [0.717, 1.165) is 34.0 Å². The maximum Gasteiger partial charge on any atom is 0.186 e. The standard InChI is InChI=1S/C21H16N6S/c1-2-17(13-22-10-1)16-5-3-15(4-6-16)12-23-19-7-8-20-24-25-21(27(20)26-19)18-9-11-28-14-18/h1-11,13-14H,12H2,(H,23,26). The topological polar surface area (TPSA) is 68.0 Å². The Morgan fingerprint density at radius 3 is 2.61 bits per heavy atom. The van der Waals surface area contributed by atoms with Gasteiger partial charge in [-0.05, 0) is 46.3 Å². The molecule has 0 bridgehead atoms. The molecule has 0 spiro atoms. The third-order valence-electron chi connectivity index (χ3n) is 4.46. The van der Waals surface area contributed by atoms with E-state index in [1.165, 1.54) is 5.56 Å². The van der Waals surface area contributed by atoms with Gasteiger partial charge >= 0.3 is 0 Å². The Bertz CT molecular complexity index is 1200. The Labute approximate surface area is 165 Å². The highest BCUT2D eigenvalue weighted by molar-refractivity contribution is 7.08. The van der Waals surface area contributed by atoms with Crippen LogP contribution < -0.4 is 5.32 Å². The summed E-state index contributed by atoms with van der Waals surface area (Å²) in [7, 11) is 0. The van der Waals surface area contributed by atoms with E-state index in [1.54, 1.807) is 22.0 Å². The molecule has 0 saturated heterocycles. The largest absolute Gasteiger partial charge is 0.365 e. The van der Waals surface area contributed by atoms with Gasteiger partial charge in [0.15, 0.2) is 11.5 Å². The number of nitrogens with zero attached hydrogens (tertiary/aromatic N) is 5. The molecule has 6 nitrogen and oxygen atoms in total. The van der Waals surface area contributed by atoms with Gasteiger partial charge in [0.25, 0.3) is 0 Å². The quantitative estimate of drug-likeness (QED) is 0.482. The minimum atomic E-state index is 0.682. The summed E-state index contributed by atoms with van der Waals surface area (Å²) in [6.07, 6.45) is 3.65. The first-order valence-electron chi connectivity index (χ1n) is 8.85. The zero-order valence-corrected chi connectivity index (χ0v) is 15.7. The molecular formula is C21H16N6S. The van der Waals surface area contributed by atoms with Gasteiger partial charge in [0.05, 0.1) is 0 Å². The molecule has 0 aliphatic carbocycles. The molecule has 5 aromatic rings. The second-order valence-electron chi connectivity index (χ2n) is 6.32. The molecule has 0 aliphatic rings. The highest BCUT2D eigenvalue weighted by atomic mass is 32.1. The lowest BCUT2D eigenvalue weighted by Gasteiger charge is -2.07. The smallest absolute Gasteiger partial charge is 0.186 e. The second-order valence-corrected chi connectivity index (χ2v) is 7.10. The van der Waals surface area contributed by atoms with Gasteiger partial charge in [0.2, 0.25) is 0 Å². The molecule has 7 heteroatoms. The Hall–Kier alpha value is -3.58. The van der Waals surface area contributed by atoms with E-state index in [2.05, 4.69) is 55.9 Å². The zero-order chi connectivity index (χ0) is 18.8. The molecule has 0 amide bonds. The molecule has 28 heavy (non-hydrogen) atoms. The molecule has 4 heterocycles. The number of aromatic nitrogens is 5. The summed E-state index contributed by atoms with van der Waals surface area (Å²) in [5, 5.41) is 20.5. The maximum absolute atomic E-state index is 4.65. The molecule has 0 unspecified atom stereocenters. The van der Waals surface area contributed by atoms with E-state index in [1.807, 2.05) is 41.2 Å². The van der Waals surface area contributed by atoms with E-state index in [9.17, 15) is 0 Å². The second kappa shape index (κ2) is 7.21. The van der Waals surface area contributed by atoms with Crippen LogP contribution in [0.25, 0.3) is 28.2 Å². The van der Waals surface area contributed by atoms with Crippen LogP contribution in [0.15, 0.2) is 77.8 Å². The van der Waals surface area contributed by atoms with Crippen molar-refractivity contribution in [3.8, 4) is 22.5 Å². The molecule has 4 aromatic heterocycles. The number of pyridine rings is 1. The zero-order valence-electron chi connectivity index (χ0n) is 14.9. The van der Waals surface area contributed by atoms with E-state index in [-0.39, 0.29) is 0 Å². The molecular weight excluding hydrogens is 368 g/mol. The van der Waals surface area contributed by atoms with Crippen molar-refractivity contribution >= 4 is 22.8 Å². The van der Waals surface area contributed by atoms with Gasteiger partial charge in [-0.1, -0.05) is 30.3 Å². The van der Waals surface area contributed by atoms with Crippen molar-refractivity contribution in [1.29, 1.82) is 0 Å². The first-order chi connectivity index (χ1) is 13.9. The van der Waals surface area contributed by atoms with Gasteiger partial charge in [-0.15, -0.1) is 15.3 Å². The third kappa shape index (κ3) is 3.23. The summed E-state index contributed by atoms with van der Waals surface area (Å²) in [6, 6.07) is 18.3. The fourth-order valence-corrected chi connectivity index (χ4v) is 3.63. The molecule has 5 rings (SSSR count). The lowest BCUT2D eigenvalue weighted by atomic mass is 10.1. The number of rotatable bonds is 5. The predicted octanol–water partition coefficient (Wildman–Crippen LogP) is 4.53. The summed E-state index contributed by atoms with van der Waals surface area (Å²) >= 11 is 1.63. The van der Waals surface area contributed by atoms with Gasteiger partial charge < -0.3 is 5.32 Å². The van der Waals surface area contributed by atoms with E-state index >= 15 is 0 Å². The minimum absolute atomic E-state index is 0.682. The average Bonchev–Trinajstić information content (AvgIpc) is 3.42. The molecule has 0 radical (unpaired) electrons. The number of anilines is 1. The van der Waals surface area contributed by atoms with Crippen LogP contribution >= 0.6 is 11.3 Å². The number of fused-ring (bicyclic) bond motifs is 1. The van der Waals surface area contributed by atoms with Crippen molar-refractivity contribution in [2.24, 2.45) is 0 Å². The molecule has 0 fully saturated rings. The summed E-state index contributed by atoms with van der Waals surface area (Å²) in [5.74, 6) is 1.53. The van der Waals surface area contributed by atoms with Crippen LogP contribution in [-0.4, -0.2) is 24.8 Å². The number of hydrogen-bond donors (Lipinski definition) is 1. The van der Waals surface area contributed by atoms with Crippen molar-refractivity contribution < 1.29 is 0 Å². The normalized spacial score (nSPS) is 11.0. The average molecular weight is 384 g/mol. The fourth-order valence-electron chi connectivity index (χ4n) is 3.00. The third-order valence-corrected chi connectivity index (χ3v) is 5.15. The van der Waals surface area contributed by atoms with Gasteiger partial charge in [0.1, 0.15) is 5.82 Å². The van der Waals surface area contributed by atoms with E-state index in [4.69, 9.17) is 0 Å². The molecule has 136 valence electrons. The maximum atomic E-state index is 4.65. The summed E-state index contributed by atoms with van der Waals surface area (Å²) in [5.41, 5.74) is 5.20. The van der Waals surface area contributed by atoms with Crippen molar-refractivity contribution in [3.05, 3.63) is 83.3 Å². The van der Waals surface area contributed by atoms with Gasteiger partial charge in [-0.25, -0.2) is 0 Å². The van der Waals surface area contributed by atoms with Crippen LogP contribution in [0.2, 0.25) is 0 Å². The van der Waals surface area contributed by atoms with Crippen molar-refractivity contribution in [2.75, 3.05) is 5.32 Å². The lowest BCUT2D eigenvalue weighted by molar-refractivity contribution is 0.926. The Morgan fingerprint density at radius 1 is 0.893 bits per heavy atom. The molecule has 1 aromatic carbocycles. The monoisotopic (exact) mass is 384 g/mol. The summed E-state index contributed by atoms with van der Waals surface area (Å²) in [4.78, 5) is 4.17. The first-order valence-corrected chi connectivity index (χ1v) is 9.79. The molecule has 0 aliphatic heterocycles. The molecule has 0 atom stereocenters. The highest BCUT2D eigenvalue weighted by Crippen LogP contribution is 2.21. The minimum Gasteiger partial charge on any atom is -0.365 e. The Kier molecular flexibility index (Phi) is 4.27. The number of thiophene rings is 1. The van der Waals surface area contributed by atoms with Crippen LogP contribution in [0.3, 0.4) is 0 Å². The first kappa shape index (κ1) is 16.6. The van der Waals surface area contributed by atoms with Gasteiger partial charge in [-0.2, -0.15) is 15.9 Å². The van der Waals surface area contributed by atoms with E-state index < -0.39 is 0 Å². The Balaban J connectivity index is 1.34. The molecule has 0 saturated carbocycles. The lowest BCUT2D eigenvalue weighted by Crippen LogP contribution is -2.04. The van der Waals surface area contributed by atoms with Crippen molar-refractivity contribution in [2.45, 2.75) is 6.54 Å². The van der Waals surface area contributed by atoms with Crippen LogP contribution in [0, 0.1) is 0 Å². The van der Waals surface area contributed by atoms with Gasteiger partial charge in [-0.3, -0.25) is 4.98 Å². The number of hydrogen-bond acceptors (Lipinski definition) is 6. The van der Waals surface area contributed by atoms with Crippen molar-refractivity contribution in [1.82, 2.24) is 24.8 Å². The SMILES string of the molecule is c1cncc(-c2ccc(CNc3ccc4nnc(-c5ccsc5)n4n3)cc2)c1. The summed E-state index contributed by atoms with van der Waals surface area (Å²) < 4.78 is 1.77. The highest BCUT2D eigenvalue weighted by Gasteiger charge is 2.10. The van der Waals surface area contributed by atoms with Crippen LogP contribution in [0.5, 0.6) is 0 Å². The fraction of sp³-hybridized carbons (Fsp3) is 0.0476. The summed E-state index contributed by atoms with van der Waals surface area (Å²) in [6.45, 7) is 0.682. The van der Waals surface area contributed by atoms with Crippen molar-refractivity contribution in [3.63, 3.8) is 0 Å². The van der Waals surface area contributed by atoms with Crippen LogP contribution in [0.4, 0.5) is 5.82 Å². The predicted molar refractivity (Wildman–Crippen MR) is 111 cm³/mol. The van der Waals surface area contributed by atoms with Crippen LogP contribution in [0.1, 0.15) is 5.56 Å². The van der Waals surface area contributed by atoms with Crippen LogP contribution in [-0.2, 0) is 6.54 Å². The number of nitrogens with one attached hydrogen (secondary N) is 1. The Morgan fingerprint density at radius 2 is 1.82 bits per heavy atom. The van der Waals surface area contributed by atoms with E-state index in [0.29, 0.717) is 6.54 Å². The molecule has 1 N–H and O–H groups in total.